The van der Waals surface area contributed by atoms with Crippen molar-refractivity contribution in [1.82, 2.24) is 0 Å². The Morgan fingerprint density at radius 1 is 0.303 bits per heavy atom. The Morgan fingerprint density at radius 3 is 0.773 bits per heavy atom. The zero-order chi connectivity index (χ0) is 48.4. The molecule has 0 aliphatic rings. The van der Waals surface area contributed by atoms with Gasteiger partial charge in [-0.2, -0.15) is 0 Å². The molecule has 0 rings (SSSR count). The zero-order valence-electron chi connectivity index (χ0n) is 43.8. The van der Waals surface area contributed by atoms with Crippen LogP contribution in [0.5, 0.6) is 0 Å². The van der Waals surface area contributed by atoms with Crippen molar-refractivity contribution in [2.75, 3.05) is 13.2 Å². The van der Waals surface area contributed by atoms with Crippen LogP contribution in [0, 0.1) is 0 Å². The smallest absolute Gasteiger partial charge is 0.306 e. The first-order chi connectivity index (χ1) is 32.2. The average molecular weight is 939 g/mol. The Bertz CT molecular complexity index is 983. The van der Waals surface area contributed by atoms with E-state index in [0.717, 1.165) is 167 Å². The molecule has 66 heavy (non-hydrogen) atoms. The highest BCUT2D eigenvalue weighted by Gasteiger charge is 2.20. The molecule has 0 aromatic rings. The molecule has 0 aromatic carbocycles. The van der Waals surface area contributed by atoms with Gasteiger partial charge in [-0.05, 0) is 57.8 Å². The van der Waals surface area contributed by atoms with Crippen LogP contribution >= 0.6 is 0 Å². The summed E-state index contributed by atoms with van der Waals surface area (Å²) in [7, 11) is 0. The molecule has 9 heteroatoms. The minimum absolute atomic E-state index is 0.128. The number of carbonyl (C=O) groups excluding carboxylic acids is 3. The molecule has 0 saturated carbocycles. The lowest BCUT2D eigenvalue weighted by Crippen LogP contribution is -2.30. The van der Waals surface area contributed by atoms with E-state index in [-0.39, 0.29) is 55.9 Å². The third-order valence-electron chi connectivity index (χ3n) is 13.3. The molecule has 0 fully saturated rings. The fourth-order valence-electron chi connectivity index (χ4n) is 8.86. The van der Waals surface area contributed by atoms with Gasteiger partial charge in [-0.1, -0.05) is 233 Å². The second-order valence-electron chi connectivity index (χ2n) is 20.1. The van der Waals surface area contributed by atoms with Gasteiger partial charge in [0, 0.05) is 19.3 Å². The second kappa shape index (κ2) is 51.1. The molecule has 3 atom stereocenters. The summed E-state index contributed by atoms with van der Waals surface area (Å²) in [6, 6.07) is 0. The molecule has 0 bridgehead atoms. The van der Waals surface area contributed by atoms with E-state index in [1.807, 2.05) is 0 Å². The van der Waals surface area contributed by atoms with E-state index in [0.29, 0.717) is 19.3 Å². The maximum absolute atomic E-state index is 12.8. The van der Waals surface area contributed by atoms with Gasteiger partial charge in [-0.25, -0.2) is 0 Å². The fourth-order valence-corrected chi connectivity index (χ4v) is 8.86. The van der Waals surface area contributed by atoms with Crippen molar-refractivity contribution in [2.45, 2.75) is 334 Å². The number of aliphatic hydroxyl groups excluding tert-OH is 3. The molecular formula is C57H110O9. The van der Waals surface area contributed by atoms with Crippen molar-refractivity contribution in [3.63, 3.8) is 0 Å². The van der Waals surface area contributed by atoms with Gasteiger partial charge in [0.25, 0.3) is 0 Å². The van der Waals surface area contributed by atoms with E-state index in [4.69, 9.17) is 14.2 Å². The lowest BCUT2D eigenvalue weighted by atomic mass is 10.0. The van der Waals surface area contributed by atoms with E-state index in [1.165, 1.54) is 96.3 Å². The van der Waals surface area contributed by atoms with Crippen LogP contribution in [0.2, 0.25) is 0 Å². The van der Waals surface area contributed by atoms with Crippen LogP contribution in [0.1, 0.15) is 310 Å². The Morgan fingerprint density at radius 2 is 0.515 bits per heavy atom. The predicted octanol–water partition coefficient (Wildman–Crippen LogP) is 15.7. The number of unbranched alkanes of at least 4 members (excludes halogenated alkanes) is 30. The summed E-state index contributed by atoms with van der Waals surface area (Å²) in [5, 5.41) is 30.9. The summed E-state index contributed by atoms with van der Waals surface area (Å²) < 4.78 is 16.8. The molecule has 0 aliphatic carbocycles. The van der Waals surface area contributed by atoms with Crippen LogP contribution in [-0.2, 0) is 28.6 Å². The molecule has 0 amide bonds. The molecule has 0 spiro atoms. The topological polar surface area (TPSA) is 140 Å². The summed E-state index contributed by atoms with van der Waals surface area (Å²) in [6.45, 7) is 6.44. The summed E-state index contributed by atoms with van der Waals surface area (Å²) in [6.07, 6.45) is 45.1. The Kier molecular flexibility index (Phi) is 49.8. The third-order valence-corrected chi connectivity index (χ3v) is 13.3. The first-order valence-corrected chi connectivity index (χ1v) is 28.8. The minimum atomic E-state index is -0.832. The van der Waals surface area contributed by atoms with Gasteiger partial charge in [-0.15, -0.1) is 0 Å². The first-order valence-electron chi connectivity index (χ1n) is 28.8. The first kappa shape index (κ1) is 64.3. The number of ether oxygens (including phenoxy) is 3. The summed E-state index contributed by atoms with van der Waals surface area (Å²) >= 11 is 0. The Balaban J connectivity index is 4.45. The summed E-state index contributed by atoms with van der Waals surface area (Å²) in [4.78, 5) is 38.1. The van der Waals surface area contributed by atoms with Crippen LogP contribution < -0.4 is 0 Å². The molecule has 3 unspecified atom stereocenters. The van der Waals surface area contributed by atoms with Crippen molar-refractivity contribution in [3.8, 4) is 0 Å². The van der Waals surface area contributed by atoms with Crippen molar-refractivity contribution in [1.29, 1.82) is 0 Å². The van der Waals surface area contributed by atoms with Gasteiger partial charge >= 0.3 is 17.9 Å². The van der Waals surface area contributed by atoms with Crippen molar-refractivity contribution >= 4 is 17.9 Å². The number of carbonyl (C=O) groups is 3. The lowest BCUT2D eigenvalue weighted by molar-refractivity contribution is -0.167. The standard InChI is InChI=1S/C57H110O9/c1-4-7-10-13-22-31-40-51(58)43-34-25-16-19-28-37-46-55(61)64-49-54(66-57(63)48-39-30-21-18-27-36-45-53(60)42-33-24-15-12-9-6-3)50-65-56(62)47-38-29-20-17-26-35-44-52(59)41-32-23-14-11-8-5-2/h51-54,58-60H,4-50H2,1-3H3. The van der Waals surface area contributed by atoms with Crippen LogP contribution in [0.3, 0.4) is 0 Å². The van der Waals surface area contributed by atoms with Crippen LogP contribution in [0.15, 0.2) is 0 Å². The van der Waals surface area contributed by atoms with Crippen LogP contribution in [-0.4, -0.2) is 70.9 Å². The van der Waals surface area contributed by atoms with Gasteiger partial charge in [-0.3, -0.25) is 14.4 Å². The Hall–Kier alpha value is -1.71. The fraction of sp³-hybridized carbons (Fsp3) is 0.947. The largest absolute Gasteiger partial charge is 0.462 e. The molecule has 0 saturated heterocycles. The zero-order valence-corrected chi connectivity index (χ0v) is 43.8. The second-order valence-corrected chi connectivity index (χ2v) is 20.1. The minimum Gasteiger partial charge on any atom is -0.462 e. The number of hydrogen-bond donors (Lipinski definition) is 3. The molecule has 3 N–H and O–H groups in total. The van der Waals surface area contributed by atoms with Crippen LogP contribution in [0.25, 0.3) is 0 Å². The summed E-state index contributed by atoms with van der Waals surface area (Å²) in [5.41, 5.74) is 0. The van der Waals surface area contributed by atoms with Crippen molar-refractivity contribution < 1.29 is 43.9 Å². The van der Waals surface area contributed by atoms with E-state index >= 15 is 0 Å². The lowest BCUT2D eigenvalue weighted by Gasteiger charge is -2.18. The number of aliphatic hydroxyl groups is 3. The maximum Gasteiger partial charge on any atom is 0.306 e. The SMILES string of the molecule is CCCCCCCCC(O)CCCCCCCCC(=O)OCC(COC(=O)CCCCCCCCC(O)CCCCCCCC)OC(=O)CCCCCCCCC(O)CCCCCCCC. The number of rotatable bonds is 53. The summed E-state index contributed by atoms with van der Waals surface area (Å²) in [5.74, 6) is -1.03. The van der Waals surface area contributed by atoms with E-state index in [1.54, 1.807) is 0 Å². The molecule has 9 nitrogen and oxygen atoms in total. The highest BCUT2D eigenvalue weighted by Crippen LogP contribution is 2.18. The quantitative estimate of drug-likeness (QED) is 0.0309. The molecule has 0 heterocycles. The predicted molar refractivity (Wildman–Crippen MR) is 275 cm³/mol. The van der Waals surface area contributed by atoms with Gasteiger partial charge in [0.15, 0.2) is 6.10 Å². The average Bonchev–Trinajstić information content (AvgIpc) is 3.30. The van der Waals surface area contributed by atoms with Gasteiger partial charge < -0.3 is 29.5 Å². The van der Waals surface area contributed by atoms with Gasteiger partial charge in [0.1, 0.15) is 13.2 Å². The molecule has 392 valence electrons. The molecule has 0 radical (unpaired) electrons. The van der Waals surface area contributed by atoms with E-state index < -0.39 is 6.10 Å². The monoisotopic (exact) mass is 939 g/mol. The molecule has 0 aliphatic heterocycles. The normalized spacial score (nSPS) is 13.4. The van der Waals surface area contributed by atoms with Crippen molar-refractivity contribution in [3.05, 3.63) is 0 Å². The highest BCUT2D eigenvalue weighted by molar-refractivity contribution is 5.71. The van der Waals surface area contributed by atoms with Gasteiger partial charge in [0.2, 0.25) is 0 Å². The molecule has 0 aromatic heterocycles. The van der Waals surface area contributed by atoms with E-state index in [9.17, 15) is 29.7 Å². The van der Waals surface area contributed by atoms with Crippen LogP contribution in [0.4, 0.5) is 0 Å². The van der Waals surface area contributed by atoms with Crippen molar-refractivity contribution in [2.24, 2.45) is 0 Å². The number of hydrogen-bond acceptors (Lipinski definition) is 9. The Labute approximate surface area is 407 Å². The number of esters is 3. The third kappa shape index (κ3) is 48.7. The maximum atomic E-state index is 12.8. The highest BCUT2D eigenvalue weighted by atomic mass is 16.6. The molecular weight excluding hydrogens is 829 g/mol. The van der Waals surface area contributed by atoms with Gasteiger partial charge in [0.05, 0.1) is 18.3 Å². The van der Waals surface area contributed by atoms with E-state index in [2.05, 4.69) is 20.8 Å².